The summed E-state index contributed by atoms with van der Waals surface area (Å²) in [7, 11) is 0. The highest BCUT2D eigenvalue weighted by Crippen LogP contribution is 2.22. The molecule has 13 heavy (non-hydrogen) atoms. The summed E-state index contributed by atoms with van der Waals surface area (Å²) in [6.07, 6.45) is 0. The van der Waals surface area contributed by atoms with Crippen molar-refractivity contribution in [2.24, 2.45) is 0 Å². The molecule has 2 aromatic rings. The predicted octanol–water partition coefficient (Wildman–Crippen LogP) is 3.75. The van der Waals surface area contributed by atoms with E-state index in [0.717, 1.165) is 5.75 Å². The summed E-state index contributed by atoms with van der Waals surface area (Å²) in [4.78, 5) is 1.34. The maximum absolute atomic E-state index is 3.21. The van der Waals surface area contributed by atoms with Gasteiger partial charge in [-0.05, 0) is 34.7 Å². The van der Waals surface area contributed by atoms with Crippen LogP contribution in [-0.2, 0) is 0 Å². The minimum Gasteiger partial charge on any atom is -0.126 e. The molecule has 0 unspecified atom stereocenters. The second-order valence-electron chi connectivity index (χ2n) is 2.85. The zero-order valence-electron chi connectivity index (χ0n) is 7.58. The van der Waals surface area contributed by atoms with Gasteiger partial charge in [-0.1, -0.05) is 31.2 Å². The minimum atomic E-state index is 1.13. The van der Waals surface area contributed by atoms with Crippen LogP contribution in [0.3, 0.4) is 0 Å². The Kier molecular flexibility index (Phi) is 2.55. The van der Waals surface area contributed by atoms with Gasteiger partial charge < -0.3 is 0 Å². The van der Waals surface area contributed by atoms with Crippen molar-refractivity contribution >= 4 is 22.5 Å². The van der Waals surface area contributed by atoms with Crippen LogP contribution in [0.2, 0.25) is 0 Å². The van der Waals surface area contributed by atoms with Gasteiger partial charge in [-0.15, -0.1) is 11.8 Å². The first kappa shape index (κ1) is 8.64. The standard InChI is InChI=1S/C12H11S/c1-2-13-12-8-7-10-5-3-4-6-11(10)9-12/h3-4,6-9H,2H2,1H3. The van der Waals surface area contributed by atoms with Crippen LogP contribution in [0.5, 0.6) is 0 Å². The Morgan fingerprint density at radius 2 is 2.23 bits per heavy atom. The van der Waals surface area contributed by atoms with Crippen LogP contribution in [0.25, 0.3) is 10.8 Å². The molecule has 0 fully saturated rings. The maximum Gasteiger partial charge on any atom is 0.00782 e. The third-order valence-corrected chi connectivity index (χ3v) is 2.82. The molecule has 0 aliphatic rings. The molecule has 1 radical (unpaired) electrons. The van der Waals surface area contributed by atoms with Crippen molar-refractivity contribution in [3.8, 4) is 0 Å². The number of fused-ring (bicyclic) bond motifs is 1. The lowest BCUT2D eigenvalue weighted by Gasteiger charge is -2.00. The van der Waals surface area contributed by atoms with E-state index < -0.39 is 0 Å². The van der Waals surface area contributed by atoms with Gasteiger partial charge >= 0.3 is 0 Å². The van der Waals surface area contributed by atoms with E-state index in [1.54, 1.807) is 0 Å². The highest BCUT2D eigenvalue weighted by Gasteiger charge is 1.94. The van der Waals surface area contributed by atoms with Gasteiger partial charge in [0.15, 0.2) is 0 Å². The van der Waals surface area contributed by atoms with Crippen LogP contribution in [0.1, 0.15) is 6.92 Å². The van der Waals surface area contributed by atoms with Crippen LogP contribution < -0.4 is 0 Å². The van der Waals surface area contributed by atoms with Gasteiger partial charge in [0, 0.05) is 4.90 Å². The van der Waals surface area contributed by atoms with E-state index >= 15 is 0 Å². The van der Waals surface area contributed by atoms with E-state index in [2.05, 4.69) is 37.3 Å². The van der Waals surface area contributed by atoms with Gasteiger partial charge in [0.2, 0.25) is 0 Å². The molecule has 65 valence electrons. The Balaban J connectivity index is 2.49. The molecule has 1 heteroatoms. The van der Waals surface area contributed by atoms with E-state index in [9.17, 15) is 0 Å². The molecule has 0 saturated heterocycles. The molecular weight excluding hydrogens is 176 g/mol. The summed E-state index contributed by atoms with van der Waals surface area (Å²) in [5.41, 5.74) is 0. The third kappa shape index (κ3) is 1.86. The van der Waals surface area contributed by atoms with E-state index in [-0.39, 0.29) is 0 Å². The van der Waals surface area contributed by atoms with Crippen LogP contribution in [0, 0.1) is 6.07 Å². The topological polar surface area (TPSA) is 0 Å². The highest BCUT2D eigenvalue weighted by molar-refractivity contribution is 7.99. The quantitative estimate of drug-likeness (QED) is 0.645. The van der Waals surface area contributed by atoms with Crippen LogP contribution in [0.15, 0.2) is 41.3 Å². The number of thioether (sulfide) groups is 1. The fourth-order valence-electron chi connectivity index (χ4n) is 1.36. The molecule has 0 N–H and O–H groups in total. The summed E-state index contributed by atoms with van der Waals surface area (Å²) in [6.45, 7) is 2.17. The lowest BCUT2D eigenvalue weighted by molar-refractivity contribution is 1.45. The van der Waals surface area contributed by atoms with Crippen LogP contribution >= 0.6 is 11.8 Å². The summed E-state index contributed by atoms with van der Waals surface area (Å²) < 4.78 is 0. The Morgan fingerprint density at radius 1 is 1.31 bits per heavy atom. The largest absolute Gasteiger partial charge is 0.126 e. The molecule has 0 atom stereocenters. The summed E-state index contributed by atoms with van der Waals surface area (Å²) in [5, 5.41) is 2.48. The second kappa shape index (κ2) is 3.84. The zero-order chi connectivity index (χ0) is 9.10. The SMILES string of the molecule is CCSc1ccc2[c]cccc2c1. The molecular formula is C12H11S. The van der Waals surface area contributed by atoms with Crippen molar-refractivity contribution in [3.63, 3.8) is 0 Å². The fourth-order valence-corrected chi connectivity index (χ4v) is 2.06. The van der Waals surface area contributed by atoms with Crippen molar-refractivity contribution in [2.45, 2.75) is 11.8 Å². The van der Waals surface area contributed by atoms with Crippen molar-refractivity contribution in [3.05, 3.63) is 42.5 Å². The molecule has 2 rings (SSSR count). The molecule has 0 amide bonds. The number of rotatable bonds is 2. The summed E-state index contributed by atoms with van der Waals surface area (Å²) >= 11 is 1.88. The lowest BCUT2D eigenvalue weighted by Crippen LogP contribution is -1.75. The number of hydrogen-bond acceptors (Lipinski definition) is 1. The Labute approximate surface area is 83.0 Å². The Hall–Kier alpha value is -0.950. The van der Waals surface area contributed by atoms with Crippen LogP contribution in [-0.4, -0.2) is 5.75 Å². The normalized spacial score (nSPS) is 10.5. The predicted molar refractivity (Wildman–Crippen MR) is 59.2 cm³/mol. The fraction of sp³-hybridized carbons (Fsp3) is 0.167. The highest BCUT2D eigenvalue weighted by atomic mass is 32.2. The first-order chi connectivity index (χ1) is 6.40. The van der Waals surface area contributed by atoms with Gasteiger partial charge in [0.25, 0.3) is 0 Å². The van der Waals surface area contributed by atoms with E-state index in [0.29, 0.717) is 0 Å². The third-order valence-electron chi connectivity index (χ3n) is 1.94. The van der Waals surface area contributed by atoms with E-state index in [1.165, 1.54) is 15.7 Å². The summed E-state index contributed by atoms with van der Waals surface area (Å²) in [5.74, 6) is 1.13. The van der Waals surface area contributed by atoms with Crippen molar-refractivity contribution in [2.75, 3.05) is 5.75 Å². The van der Waals surface area contributed by atoms with Crippen molar-refractivity contribution in [1.29, 1.82) is 0 Å². The molecule has 0 nitrogen and oxygen atoms in total. The van der Waals surface area contributed by atoms with Crippen LogP contribution in [0.4, 0.5) is 0 Å². The van der Waals surface area contributed by atoms with E-state index in [1.807, 2.05) is 23.9 Å². The van der Waals surface area contributed by atoms with Gasteiger partial charge in [-0.2, -0.15) is 0 Å². The van der Waals surface area contributed by atoms with Gasteiger partial charge in [-0.25, -0.2) is 0 Å². The second-order valence-corrected chi connectivity index (χ2v) is 4.19. The van der Waals surface area contributed by atoms with Gasteiger partial charge in [-0.3, -0.25) is 0 Å². The molecule has 2 aromatic carbocycles. The Morgan fingerprint density at radius 3 is 3.08 bits per heavy atom. The average molecular weight is 187 g/mol. The number of benzene rings is 2. The zero-order valence-corrected chi connectivity index (χ0v) is 8.40. The molecule has 0 bridgehead atoms. The molecule has 0 aromatic heterocycles. The summed E-state index contributed by atoms with van der Waals surface area (Å²) in [6, 6.07) is 15.8. The smallest absolute Gasteiger partial charge is 0.00782 e. The van der Waals surface area contributed by atoms with E-state index in [4.69, 9.17) is 0 Å². The van der Waals surface area contributed by atoms with Gasteiger partial charge in [0.05, 0.1) is 0 Å². The molecule has 0 aliphatic carbocycles. The lowest BCUT2D eigenvalue weighted by atomic mass is 10.1. The Bertz CT molecular complexity index is 407. The monoisotopic (exact) mass is 187 g/mol. The van der Waals surface area contributed by atoms with Crippen molar-refractivity contribution in [1.82, 2.24) is 0 Å². The first-order valence-electron chi connectivity index (χ1n) is 4.43. The molecule has 0 heterocycles. The average Bonchev–Trinajstić information content (AvgIpc) is 2.18. The van der Waals surface area contributed by atoms with Gasteiger partial charge in [0.1, 0.15) is 0 Å². The first-order valence-corrected chi connectivity index (χ1v) is 5.42. The molecule has 0 spiro atoms. The van der Waals surface area contributed by atoms with Crippen molar-refractivity contribution < 1.29 is 0 Å². The molecule has 0 aliphatic heterocycles. The number of hydrogen-bond donors (Lipinski definition) is 0. The maximum atomic E-state index is 3.21. The minimum absolute atomic E-state index is 1.13. The molecule has 0 saturated carbocycles.